The van der Waals surface area contributed by atoms with Gasteiger partial charge >= 0.3 is 0 Å². The van der Waals surface area contributed by atoms with Crippen LogP contribution in [0.2, 0.25) is 5.02 Å². The number of rotatable bonds is 3. The molecule has 4 heteroatoms. The molecule has 0 radical (unpaired) electrons. The van der Waals surface area contributed by atoms with Crippen LogP contribution in [-0.4, -0.2) is 6.04 Å². The molecule has 0 amide bonds. The van der Waals surface area contributed by atoms with Gasteiger partial charge in [-0.2, -0.15) is 0 Å². The SMILES string of the molecule is C=CC(C)Nc1c(F)cc(F)cc1Cl. The van der Waals surface area contributed by atoms with Gasteiger partial charge in [-0.1, -0.05) is 17.7 Å². The molecule has 0 aromatic heterocycles. The van der Waals surface area contributed by atoms with Crippen molar-refractivity contribution in [3.8, 4) is 0 Å². The molecule has 14 heavy (non-hydrogen) atoms. The molecule has 0 spiro atoms. The Kier molecular flexibility index (Phi) is 3.47. The number of benzene rings is 1. The molecule has 1 N–H and O–H groups in total. The Morgan fingerprint density at radius 2 is 2.14 bits per heavy atom. The molecule has 0 bridgehead atoms. The van der Waals surface area contributed by atoms with Gasteiger partial charge in [0.05, 0.1) is 10.7 Å². The van der Waals surface area contributed by atoms with E-state index in [1.54, 1.807) is 13.0 Å². The highest BCUT2D eigenvalue weighted by atomic mass is 35.5. The standard InChI is InChI=1S/C10H10ClF2N/c1-3-6(2)14-10-8(11)4-7(12)5-9(10)13/h3-6,14H,1H2,2H3. The van der Waals surface area contributed by atoms with Gasteiger partial charge in [0.1, 0.15) is 5.82 Å². The van der Waals surface area contributed by atoms with Gasteiger partial charge < -0.3 is 5.32 Å². The minimum Gasteiger partial charge on any atom is -0.376 e. The molecular weight excluding hydrogens is 208 g/mol. The minimum absolute atomic E-state index is 0.0243. The Bertz CT molecular complexity index is 329. The van der Waals surface area contributed by atoms with E-state index in [4.69, 9.17) is 11.6 Å². The molecule has 76 valence electrons. The summed E-state index contributed by atoms with van der Waals surface area (Å²) < 4.78 is 25.8. The van der Waals surface area contributed by atoms with Crippen molar-refractivity contribution in [1.82, 2.24) is 0 Å². The average molecular weight is 218 g/mol. The summed E-state index contributed by atoms with van der Waals surface area (Å²) >= 11 is 5.66. The zero-order chi connectivity index (χ0) is 10.7. The third kappa shape index (κ3) is 2.45. The smallest absolute Gasteiger partial charge is 0.150 e. The number of nitrogens with one attached hydrogen (secondary N) is 1. The van der Waals surface area contributed by atoms with Gasteiger partial charge in [-0.05, 0) is 13.0 Å². The van der Waals surface area contributed by atoms with Gasteiger partial charge in [-0.25, -0.2) is 8.78 Å². The molecular formula is C10H10ClF2N. The largest absolute Gasteiger partial charge is 0.376 e. The lowest BCUT2D eigenvalue weighted by Gasteiger charge is -2.13. The molecule has 0 aliphatic carbocycles. The predicted octanol–water partition coefficient (Wildman–Crippen LogP) is 3.60. The van der Waals surface area contributed by atoms with Gasteiger partial charge in [0, 0.05) is 12.1 Å². The zero-order valence-corrected chi connectivity index (χ0v) is 8.41. The second-order valence-electron chi connectivity index (χ2n) is 2.91. The quantitative estimate of drug-likeness (QED) is 0.763. The van der Waals surface area contributed by atoms with E-state index in [2.05, 4.69) is 11.9 Å². The lowest BCUT2D eigenvalue weighted by Crippen LogP contribution is -2.13. The highest BCUT2D eigenvalue weighted by molar-refractivity contribution is 6.33. The van der Waals surface area contributed by atoms with Crippen LogP contribution in [0.5, 0.6) is 0 Å². The molecule has 1 aromatic rings. The predicted molar refractivity (Wildman–Crippen MR) is 54.6 cm³/mol. The Morgan fingerprint density at radius 3 is 2.64 bits per heavy atom. The van der Waals surface area contributed by atoms with E-state index in [0.29, 0.717) is 0 Å². The van der Waals surface area contributed by atoms with Crippen LogP contribution in [0.1, 0.15) is 6.92 Å². The van der Waals surface area contributed by atoms with Crippen molar-refractivity contribution in [1.29, 1.82) is 0 Å². The molecule has 0 fully saturated rings. The monoisotopic (exact) mass is 217 g/mol. The first-order chi connectivity index (χ1) is 6.54. The van der Waals surface area contributed by atoms with Crippen molar-refractivity contribution in [2.24, 2.45) is 0 Å². The van der Waals surface area contributed by atoms with Crippen LogP contribution in [0, 0.1) is 11.6 Å². The van der Waals surface area contributed by atoms with E-state index in [0.717, 1.165) is 12.1 Å². The van der Waals surface area contributed by atoms with Crippen LogP contribution in [0.4, 0.5) is 14.5 Å². The maximum absolute atomic E-state index is 13.2. The van der Waals surface area contributed by atoms with Crippen molar-refractivity contribution in [3.63, 3.8) is 0 Å². The number of hydrogen-bond donors (Lipinski definition) is 1. The van der Waals surface area contributed by atoms with Crippen molar-refractivity contribution >= 4 is 17.3 Å². The van der Waals surface area contributed by atoms with Gasteiger partial charge in [0.15, 0.2) is 5.82 Å². The number of hydrogen-bond acceptors (Lipinski definition) is 1. The van der Waals surface area contributed by atoms with Crippen LogP contribution in [0.15, 0.2) is 24.8 Å². The Hall–Kier alpha value is -1.09. The highest BCUT2D eigenvalue weighted by Crippen LogP contribution is 2.26. The van der Waals surface area contributed by atoms with Crippen LogP contribution in [0.3, 0.4) is 0 Å². The summed E-state index contributed by atoms with van der Waals surface area (Å²) in [4.78, 5) is 0. The molecule has 1 nitrogen and oxygen atoms in total. The van der Waals surface area contributed by atoms with Gasteiger partial charge in [0.2, 0.25) is 0 Å². The topological polar surface area (TPSA) is 12.0 Å². The second-order valence-corrected chi connectivity index (χ2v) is 3.32. The second kappa shape index (κ2) is 4.42. The lowest BCUT2D eigenvalue weighted by atomic mass is 10.2. The van der Waals surface area contributed by atoms with Crippen molar-refractivity contribution in [2.75, 3.05) is 5.32 Å². The number of anilines is 1. The Morgan fingerprint density at radius 1 is 1.50 bits per heavy atom. The van der Waals surface area contributed by atoms with E-state index in [1.807, 2.05) is 0 Å². The normalized spacial score (nSPS) is 12.3. The first kappa shape index (κ1) is 11.0. The summed E-state index contributed by atoms with van der Waals surface area (Å²) in [5, 5.41) is 2.79. The van der Waals surface area contributed by atoms with Gasteiger partial charge in [-0.3, -0.25) is 0 Å². The van der Waals surface area contributed by atoms with Crippen LogP contribution in [0.25, 0.3) is 0 Å². The maximum Gasteiger partial charge on any atom is 0.150 e. The van der Waals surface area contributed by atoms with E-state index < -0.39 is 11.6 Å². The van der Waals surface area contributed by atoms with Gasteiger partial charge in [0.25, 0.3) is 0 Å². The molecule has 1 rings (SSSR count). The fourth-order valence-electron chi connectivity index (χ4n) is 0.967. The molecule has 0 heterocycles. The molecule has 0 saturated carbocycles. The minimum atomic E-state index is -0.705. The highest BCUT2D eigenvalue weighted by Gasteiger charge is 2.10. The summed E-state index contributed by atoms with van der Waals surface area (Å²) in [6.07, 6.45) is 1.60. The van der Waals surface area contributed by atoms with Crippen LogP contribution < -0.4 is 5.32 Å². The van der Waals surface area contributed by atoms with E-state index in [9.17, 15) is 8.78 Å². The van der Waals surface area contributed by atoms with Crippen molar-refractivity contribution in [2.45, 2.75) is 13.0 Å². The van der Waals surface area contributed by atoms with Crippen molar-refractivity contribution in [3.05, 3.63) is 41.4 Å². The fraction of sp³-hybridized carbons (Fsp3) is 0.200. The summed E-state index contributed by atoms with van der Waals surface area (Å²) in [5.41, 5.74) is 0.0977. The summed E-state index contributed by atoms with van der Waals surface area (Å²) in [6, 6.07) is 1.71. The van der Waals surface area contributed by atoms with Crippen molar-refractivity contribution < 1.29 is 8.78 Å². The maximum atomic E-state index is 13.2. The first-order valence-electron chi connectivity index (χ1n) is 4.08. The van der Waals surface area contributed by atoms with Gasteiger partial charge in [-0.15, -0.1) is 6.58 Å². The summed E-state index contributed by atoms with van der Waals surface area (Å²) in [6.45, 7) is 5.32. The molecule has 1 atom stereocenters. The molecule has 1 unspecified atom stereocenters. The van der Waals surface area contributed by atoms with E-state index >= 15 is 0 Å². The lowest BCUT2D eigenvalue weighted by molar-refractivity contribution is 0.584. The molecule has 0 aliphatic heterocycles. The molecule has 0 saturated heterocycles. The van der Waals surface area contributed by atoms with E-state index in [1.165, 1.54) is 0 Å². The summed E-state index contributed by atoms with van der Waals surface area (Å²) in [7, 11) is 0. The van der Waals surface area contributed by atoms with Crippen LogP contribution >= 0.6 is 11.6 Å². The molecule has 0 aliphatic rings. The average Bonchev–Trinajstić information content (AvgIpc) is 2.10. The Labute approximate surface area is 86.4 Å². The first-order valence-corrected chi connectivity index (χ1v) is 4.46. The van der Waals surface area contributed by atoms with E-state index in [-0.39, 0.29) is 16.8 Å². The summed E-state index contributed by atoms with van der Waals surface area (Å²) in [5.74, 6) is -1.40. The fourth-order valence-corrected chi connectivity index (χ4v) is 1.22. The third-order valence-electron chi connectivity index (χ3n) is 1.73. The molecule has 1 aromatic carbocycles. The van der Waals surface area contributed by atoms with Crippen LogP contribution in [-0.2, 0) is 0 Å². The number of halogens is 3. The third-order valence-corrected chi connectivity index (χ3v) is 2.03. The Balaban J connectivity index is 3.02. The zero-order valence-electron chi connectivity index (χ0n) is 7.65.